The van der Waals surface area contributed by atoms with Gasteiger partial charge < -0.3 is 10.1 Å². The molecule has 0 saturated heterocycles. The van der Waals surface area contributed by atoms with Gasteiger partial charge in [-0.2, -0.15) is 0 Å². The average molecular weight is 254 g/mol. The van der Waals surface area contributed by atoms with Gasteiger partial charge in [0.05, 0.1) is 6.61 Å². The molecule has 1 fully saturated rings. The van der Waals surface area contributed by atoms with Crippen LogP contribution < -0.4 is 5.32 Å². The standard InChI is InChI=1S/C14H20ClNO/c1-10(9-17-2)16-14-7-12(8-14)11-4-3-5-13(15)6-11/h3-6,10,12,14,16H,7-9H2,1-2H3. The highest BCUT2D eigenvalue weighted by molar-refractivity contribution is 6.30. The first-order chi connectivity index (χ1) is 8.19. The minimum absolute atomic E-state index is 0.435. The Hall–Kier alpha value is -0.570. The molecule has 1 atom stereocenters. The van der Waals surface area contributed by atoms with E-state index in [9.17, 15) is 0 Å². The van der Waals surface area contributed by atoms with Crippen LogP contribution in [0.1, 0.15) is 31.2 Å². The Labute approximate surface area is 108 Å². The Morgan fingerprint density at radius 3 is 2.88 bits per heavy atom. The first-order valence-electron chi connectivity index (χ1n) is 6.19. The SMILES string of the molecule is COCC(C)NC1CC(c2cccc(Cl)c2)C1. The highest BCUT2D eigenvalue weighted by Gasteiger charge is 2.30. The summed E-state index contributed by atoms with van der Waals surface area (Å²) >= 11 is 6.00. The topological polar surface area (TPSA) is 21.3 Å². The van der Waals surface area contributed by atoms with Crippen molar-refractivity contribution >= 4 is 11.6 Å². The summed E-state index contributed by atoms with van der Waals surface area (Å²) in [4.78, 5) is 0. The minimum Gasteiger partial charge on any atom is -0.383 e. The molecule has 0 spiro atoms. The number of rotatable bonds is 5. The lowest BCUT2D eigenvalue weighted by Gasteiger charge is -2.38. The van der Waals surface area contributed by atoms with Gasteiger partial charge in [-0.05, 0) is 43.4 Å². The first kappa shape index (κ1) is 12.9. The average Bonchev–Trinajstić information content (AvgIpc) is 2.23. The lowest BCUT2D eigenvalue weighted by molar-refractivity contribution is 0.152. The van der Waals surface area contributed by atoms with Gasteiger partial charge in [0.15, 0.2) is 0 Å². The van der Waals surface area contributed by atoms with Crippen LogP contribution in [0.25, 0.3) is 0 Å². The van der Waals surface area contributed by atoms with Gasteiger partial charge in [0.2, 0.25) is 0 Å². The van der Waals surface area contributed by atoms with Crippen LogP contribution >= 0.6 is 11.6 Å². The van der Waals surface area contributed by atoms with Gasteiger partial charge in [-0.25, -0.2) is 0 Å². The van der Waals surface area contributed by atoms with E-state index in [1.54, 1.807) is 7.11 Å². The van der Waals surface area contributed by atoms with E-state index in [1.165, 1.54) is 18.4 Å². The normalized spacial score (nSPS) is 25.4. The largest absolute Gasteiger partial charge is 0.383 e. The van der Waals surface area contributed by atoms with Crippen LogP contribution in [-0.4, -0.2) is 25.8 Å². The zero-order valence-electron chi connectivity index (χ0n) is 10.4. The molecule has 1 unspecified atom stereocenters. The van der Waals surface area contributed by atoms with E-state index in [2.05, 4.69) is 24.4 Å². The summed E-state index contributed by atoms with van der Waals surface area (Å²) in [5, 5.41) is 4.41. The van der Waals surface area contributed by atoms with E-state index in [0.29, 0.717) is 18.0 Å². The summed E-state index contributed by atoms with van der Waals surface area (Å²) < 4.78 is 5.12. The van der Waals surface area contributed by atoms with Crippen molar-refractivity contribution in [1.82, 2.24) is 5.32 Å². The first-order valence-corrected chi connectivity index (χ1v) is 6.57. The number of halogens is 1. The van der Waals surface area contributed by atoms with Gasteiger partial charge >= 0.3 is 0 Å². The number of hydrogen-bond donors (Lipinski definition) is 1. The molecule has 1 aliphatic rings. The molecule has 1 N–H and O–H groups in total. The van der Waals surface area contributed by atoms with Crippen molar-refractivity contribution in [2.24, 2.45) is 0 Å². The van der Waals surface area contributed by atoms with Crippen LogP contribution in [-0.2, 0) is 4.74 Å². The predicted octanol–water partition coefficient (Wildman–Crippen LogP) is 3.21. The van der Waals surface area contributed by atoms with Gasteiger partial charge in [0.1, 0.15) is 0 Å². The Kier molecular flexibility index (Phi) is 4.43. The molecule has 0 radical (unpaired) electrons. The lowest BCUT2D eigenvalue weighted by atomic mass is 9.75. The number of ether oxygens (including phenoxy) is 1. The third-order valence-electron chi connectivity index (χ3n) is 3.40. The molecule has 94 valence electrons. The lowest BCUT2D eigenvalue weighted by Crippen LogP contribution is -2.45. The monoisotopic (exact) mass is 253 g/mol. The number of nitrogens with one attached hydrogen (secondary N) is 1. The van der Waals surface area contributed by atoms with Crippen LogP contribution in [0.5, 0.6) is 0 Å². The molecule has 3 heteroatoms. The van der Waals surface area contributed by atoms with Gasteiger partial charge in [-0.1, -0.05) is 23.7 Å². The number of hydrogen-bond acceptors (Lipinski definition) is 2. The van der Waals surface area contributed by atoms with Crippen LogP contribution in [0.15, 0.2) is 24.3 Å². The highest BCUT2D eigenvalue weighted by atomic mass is 35.5. The molecule has 1 aromatic rings. The smallest absolute Gasteiger partial charge is 0.0613 e. The zero-order chi connectivity index (χ0) is 12.3. The molecule has 17 heavy (non-hydrogen) atoms. The van der Waals surface area contributed by atoms with Crippen molar-refractivity contribution in [3.8, 4) is 0 Å². The Balaban J connectivity index is 1.79. The molecule has 0 aliphatic heterocycles. The van der Waals surface area contributed by atoms with Crippen molar-refractivity contribution in [2.45, 2.75) is 37.8 Å². The molecule has 0 aromatic heterocycles. The summed E-state index contributed by atoms with van der Waals surface area (Å²) in [5.41, 5.74) is 1.37. The molecule has 1 saturated carbocycles. The van der Waals surface area contributed by atoms with Crippen molar-refractivity contribution < 1.29 is 4.74 Å². The second-order valence-corrected chi connectivity index (χ2v) is 5.38. The highest BCUT2D eigenvalue weighted by Crippen LogP contribution is 2.37. The van der Waals surface area contributed by atoms with Gasteiger partial charge in [-0.15, -0.1) is 0 Å². The quantitative estimate of drug-likeness (QED) is 0.870. The number of methoxy groups -OCH3 is 1. The third kappa shape index (κ3) is 3.44. The van der Waals surface area contributed by atoms with Crippen molar-refractivity contribution in [2.75, 3.05) is 13.7 Å². The van der Waals surface area contributed by atoms with Crippen LogP contribution in [0, 0.1) is 0 Å². The molecule has 0 heterocycles. The van der Waals surface area contributed by atoms with Gasteiger partial charge in [-0.3, -0.25) is 0 Å². The maximum atomic E-state index is 6.00. The molecule has 0 amide bonds. The predicted molar refractivity (Wildman–Crippen MR) is 71.7 cm³/mol. The molecular formula is C14H20ClNO. The summed E-state index contributed by atoms with van der Waals surface area (Å²) in [6.45, 7) is 2.94. The fourth-order valence-electron chi connectivity index (χ4n) is 2.49. The van der Waals surface area contributed by atoms with E-state index < -0.39 is 0 Å². The summed E-state index contributed by atoms with van der Waals surface area (Å²) in [6, 6.07) is 9.28. The Morgan fingerprint density at radius 2 is 2.24 bits per heavy atom. The zero-order valence-corrected chi connectivity index (χ0v) is 11.2. The molecule has 0 bridgehead atoms. The van der Waals surface area contributed by atoms with E-state index in [1.807, 2.05) is 12.1 Å². The Bertz CT molecular complexity index is 363. The second kappa shape index (κ2) is 5.85. The molecule has 2 rings (SSSR count). The van der Waals surface area contributed by atoms with Gasteiger partial charge in [0, 0.05) is 24.2 Å². The van der Waals surface area contributed by atoms with E-state index >= 15 is 0 Å². The van der Waals surface area contributed by atoms with Crippen molar-refractivity contribution in [3.05, 3.63) is 34.9 Å². The van der Waals surface area contributed by atoms with Crippen molar-refractivity contribution in [1.29, 1.82) is 0 Å². The fourth-order valence-corrected chi connectivity index (χ4v) is 2.69. The summed E-state index contributed by atoms with van der Waals surface area (Å²) in [7, 11) is 1.74. The van der Waals surface area contributed by atoms with E-state index in [0.717, 1.165) is 11.6 Å². The van der Waals surface area contributed by atoms with Crippen LogP contribution in [0.3, 0.4) is 0 Å². The maximum Gasteiger partial charge on any atom is 0.0613 e. The van der Waals surface area contributed by atoms with Crippen LogP contribution in [0.4, 0.5) is 0 Å². The maximum absolute atomic E-state index is 6.00. The number of benzene rings is 1. The summed E-state index contributed by atoms with van der Waals surface area (Å²) in [5.74, 6) is 0.668. The minimum atomic E-state index is 0.435. The van der Waals surface area contributed by atoms with Crippen LogP contribution in [0.2, 0.25) is 5.02 Å². The molecule has 1 aromatic carbocycles. The third-order valence-corrected chi connectivity index (χ3v) is 3.63. The summed E-state index contributed by atoms with van der Waals surface area (Å²) in [6.07, 6.45) is 2.41. The van der Waals surface area contributed by atoms with Crippen molar-refractivity contribution in [3.63, 3.8) is 0 Å². The Morgan fingerprint density at radius 1 is 1.47 bits per heavy atom. The fraction of sp³-hybridized carbons (Fsp3) is 0.571. The molecule has 1 aliphatic carbocycles. The molecular weight excluding hydrogens is 234 g/mol. The van der Waals surface area contributed by atoms with E-state index in [4.69, 9.17) is 16.3 Å². The second-order valence-electron chi connectivity index (χ2n) is 4.94. The van der Waals surface area contributed by atoms with E-state index in [-0.39, 0.29) is 0 Å². The molecule has 2 nitrogen and oxygen atoms in total. The van der Waals surface area contributed by atoms with Gasteiger partial charge in [0.25, 0.3) is 0 Å².